The number of hydrogen-bond donors (Lipinski definition) is 2. The molecular formula is C20H19FN2O4S. The zero-order valence-electron chi connectivity index (χ0n) is 15.3. The molecule has 146 valence electrons. The summed E-state index contributed by atoms with van der Waals surface area (Å²) in [7, 11) is 0. The first-order valence-corrected chi connectivity index (χ1v) is 9.59. The molecule has 2 atom stereocenters. The van der Waals surface area contributed by atoms with Crippen molar-refractivity contribution in [2.24, 2.45) is 0 Å². The number of thioether (sulfide) groups is 1. The van der Waals surface area contributed by atoms with Crippen LogP contribution in [-0.2, 0) is 9.53 Å². The van der Waals surface area contributed by atoms with Crippen molar-refractivity contribution in [3.8, 4) is 0 Å². The van der Waals surface area contributed by atoms with Gasteiger partial charge in [0.25, 0.3) is 5.91 Å². The van der Waals surface area contributed by atoms with E-state index in [2.05, 4.69) is 10.6 Å². The molecule has 1 heterocycles. The van der Waals surface area contributed by atoms with Crippen LogP contribution in [0.4, 0.5) is 9.18 Å². The Hall–Kier alpha value is -2.87. The SMILES string of the molecule is C[C@H](OC(=O)c1ccccc1SC[C@@]1(C)NC(=O)NC1=O)c1ccc(F)cc1. The van der Waals surface area contributed by atoms with E-state index in [4.69, 9.17) is 4.74 Å². The Labute approximate surface area is 165 Å². The number of imide groups is 1. The lowest BCUT2D eigenvalue weighted by Crippen LogP contribution is -2.46. The quantitative estimate of drug-likeness (QED) is 0.439. The number of nitrogens with one attached hydrogen (secondary N) is 2. The van der Waals surface area contributed by atoms with E-state index < -0.39 is 29.6 Å². The molecule has 0 saturated carbocycles. The van der Waals surface area contributed by atoms with Crippen LogP contribution in [0.3, 0.4) is 0 Å². The van der Waals surface area contributed by atoms with E-state index >= 15 is 0 Å². The van der Waals surface area contributed by atoms with E-state index in [1.54, 1.807) is 50.2 Å². The van der Waals surface area contributed by atoms with Crippen LogP contribution in [0, 0.1) is 5.82 Å². The van der Waals surface area contributed by atoms with E-state index in [1.807, 2.05) is 0 Å². The van der Waals surface area contributed by atoms with Gasteiger partial charge < -0.3 is 10.1 Å². The molecule has 28 heavy (non-hydrogen) atoms. The van der Waals surface area contributed by atoms with E-state index in [9.17, 15) is 18.8 Å². The van der Waals surface area contributed by atoms with Crippen LogP contribution in [0.15, 0.2) is 53.4 Å². The first-order valence-electron chi connectivity index (χ1n) is 8.60. The van der Waals surface area contributed by atoms with Crippen LogP contribution in [0.1, 0.15) is 35.9 Å². The van der Waals surface area contributed by atoms with Crippen molar-refractivity contribution in [3.05, 3.63) is 65.5 Å². The number of benzene rings is 2. The Balaban J connectivity index is 1.71. The van der Waals surface area contributed by atoms with Crippen LogP contribution >= 0.6 is 11.8 Å². The number of hydrogen-bond acceptors (Lipinski definition) is 5. The molecule has 1 saturated heterocycles. The summed E-state index contributed by atoms with van der Waals surface area (Å²) in [6.45, 7) is 3.33. The topological polar surface area (TPSA) is 84.5 Å². The van der Waals surface area contributed by atoms with Gasteiger partial charge >= 0.3 is 12.0 Å². The third kappa shape index (κ3) is 4.33. The maximum Gasteiger partial charge on any atom is 0.339 e. The largest absolute Gasteiger partial charge is 0.454 e. The van der Waals surface area contributed by atoms with Crippen molar-refractivity contribution >= 4 is 29.7 Å². The predicted molar refractivity (Wildman–Crippen MR) is 102 cm³/mol. The molecule has 1 aliphatic heterocycles. The number of ether oxygens (including phenoxy) is 1. The summed E-state index contributed by atoms with van der Waals surface area (Å²) >= 11 is 1.28. The molecule has 0 radical (unpaired) electrons. The molecule has 0 unspecified atom stereocenters. The minimum absolute atomic E-state index is 0.252. The average molecular weight is 402 g/mol. The van der Waals surface area contributed by atoms with Gasteiger partial charge in [0.05, 0.1) is 5.56 Å². The Bertz CT molecular complexity index is 919. The summed E-state index contributed by atoms with van der Waals surface area (Å²) < 4.78 is 18.6. The Kier molecular flexibility index (Phi) is 5.69. The Morgan fingerprint density at radius 2 is 1.86 bits per heavy atom. The van der Waals surface area contributed by atoms with Crippen molar-refractivity contribution in [3.63, 3.8) is 0 Å². The van der Waals surface area contributed by atoms with Crippen LogP contribution in [0.5, 0.6) is 0 Å². The summed E-state index contributed by atoms with van der Waals surface area (Å²) in [5.74, 6) is -1.04. The summed E-state index contributed by atoms with van der Waals surface area (Å²) in [4.78, 5) is 36.6. The standard InChI is InChI=1S/C20H19FN2O4S/c1-12(13-7-9-14(21)10-8-13)27-17(24)15-5-3-4-6-16(15)28-11-20(2)18(25)22-19(26)23-20/h3-10,12H,11H2,1-2H3,(H2,22,23,25,26)/t12-,20+/m0/s1. The zero-order valence-corrected chi connectivity index (χ0v) is 16.1. The average Bonchev–Trinajstić information content (AvgIpc) is 2.92. The highest BCUT2D eigenvalue weighted by Gasteiger charge is 2.42. The van der Waals surface area contributed by atoms with Crippen LogP contribution < -0.4 is 10.6 Å². The molecule has 1 fully saturated rings. The van der Waals surface area contributed by atoms with Gasteiger partial charge in [0.15, 0.2) is 0 Å². The molecule has 2 aromatic carbocycles. The van der Waals surface area contributed by atoms with Crippen molar-refractivity contribution in [1.82, 2.24) is 10.6 Å². The third-order valence-corrected chi connectivity index (χ3v) is 5.75. The number of rotatable bonds is 6. The number of carbonyl (C=O) groups excluding carboxylic acids is 3. The van der Waals surface area contributed by atoms with Crippen molar-refractivity contribution in [2.75, 3.05) is 5.75 Å². The van der Waals surface area contributed by atoms with Gasteiger partial charge in [0, 0.05) is 10.6 Å². The molecule has 2 N–H and O–H groups in total. The fourth-order valence-corrected chi connectivity index (χ4v) is 3.82. The lowest BCUT2D eigenvalue weighted by Gasteiger charge is -2.20. The van der Waals surface area contributed by atoms with Gasteiger partial charge in [-0.15, -0.1) is 11.8 Å². The van der Waals surface area contributed by atoms with Crippen molar-refractivity contribution < 1.29 is 23.5 Å². The number of carbonyl (C=O) groups is 3. The minimum Gasteiger partial charge on any atom is -0.454 e. The lowest BCUT2D eigenvalue weighted by molar-refractivity contribution is -0.122. The van der Waals surface area contributed by atoms with Gasteiger partial charge in [-0.3, -0.25) is 10.1 Å². The van der Waals surface area contributed by atoms with Gasteiger partial charge in [0.1, 0.15) is 17.5 Å². The second-order valence-corrected chi connectivity index (χ2v) is 7.64. The van der Waals surface area contributed by atoms with Gasteiger partial charge in [-0.25, -0.2) is 14.0 Å². The molecule has 1 aliphatic rings. The monoisotopic (exact) mass is 402 g/mol. The van der Waals surface area contributed by atoms with Crippen molar-refractivity contribution in [2.45, 2.75) is 30.4 Å². The second-order valence-electron chi connectivity index (χ2n) is 6.62. The molecule has 6 nitrogen and oxygen atoms in total. The van der Waals surface area contributed by atoms with Gasteiger partial charge in [-0.1, -0.05) is 24.3 Å². The molecule has 2 aromatic rings. The zero-order chi connectivity index (χ0) is 20.3. The van der Waals surface area contributed by atoms with E-state index in [0.29, 0.717) is 16.0 Å². The summed E-state index contributed by atoms with van der Waals surface area (Å²) in [6.07, 6.45) is -0.552. The fraction of sp³-hybridized carbons (Fsp3) is 0.250. The molecule has 0 spiro atoms. The van der Waals surface area contributed by atoms with Gasteiger partial charge in [-0.2, -0.15) is 0 Å². The molecule has 0 aliphatic carbocycles. The molecule has 0 aromatic heterocycles. The Morgan fingerprint density at radius 3 is 2.50 bits per heavy atom. The van der Waals surface area contributed by atoms with Crippen molar-refractivity contribution in [1.29, 1.82) is 0 Å². The minimum atomic E-state index is -1.06. The Morgan fingerprint density at radius 1 is 1.18 bits per heavy atom. The highest BCUT2D eigenvalue weighted by atomic mass is 32.2. The molecule has 0 bridgehead atoms. The van der Waals surface area contributed by atoms with E-state index in [1.165, 1.54) is 23.9 Å². The summed E-state index contributed by atoms with van der Waals surface area (Å²) in [5, 5.41) is 4.80. The number of esters is 1. The maximum absolute atomic E-state index is 13.1. The highest BCUT2D eigenvalue weighted by molar-refractivity contribution is 7.99. The maximum atomic E-state index is 13.1. The number of urea groups is 1. The van der Waals surface area contributed by atoms with Crippen LogP contribution in [0.2, 0.25) is 0 Å². The van der Waals surface area contributed by atoms with Gasteiger partial charge in [-0.05, 0) is 43.7 Å². The molecular weight excluding hydrogens is 383 g/mol. The third-order valence-electron chi connectivity index (χ3n) is 4.36. The summed E-state index contributed by atoms with van der Waals surface area (Å²) in [6, 6.07) is 12.1. The molecule has 3 rings (SSSR count). The van der Waals surface area contributed by atoms with Gasteiger partial charge in [0.2, 0.25) is 0 Å². The normalized spacial score (nSPS) is 19.7. The van der Waals surface area contributed by atoms with E-state index in [-0.39, 0.29) is 11.6 Å². The number of amides is 3. The van der Waals surface area contributed by atoms with Crippen LogP contribution in [0.25, 0.3) is 0 Å². The molecule has 3 amide bonds. The fourth-order valence-electron chi connectivity index (χ4n) is 2.69. The van der Waals surface area contributed by atoms with E-state index in [0.717, 1.165) is 0 Å². The predicted octanol–water partition coefficient (Wildman–Crippen LogP) is 3.43. The first-order chi connectivity index (χ1) is 13.3. The summed E-state index contributed by atoms with van der Waals surface area (Å²) in [5.41, 5.74) is -0.0206. The molecule has 8 heteroatoms. The lowest BCUT2D eigenvalue weighted by atomic mass is 10.1. The number of halogens is 1. The van der Waals surface area contributed by atoms with Crippen LogP contribution in [-0.4, -0.2) is 29.2 Å². The highest BCUT2D eigenvalue weighted by Crippen LogP contribution is 2.29. The second kappa shape index (κ2) is 8.02. The first kappa shape index (κ1) is 19.9. The smallest absolute Gasteiger partial charge is 0.339 e.